The van der Waals surface area contributed by atoms with Crippen LogP contribution < -0.4 is 5.73 Å². The molecule has 0 aromatic rings. The normalized spacial score (nSPS) is 32.2. The number of thioether (sulfide) groups is 1. The van der Waals surface area contributed by atoms with Crippen molar-refractivity contribution >= 4 is 11.8 Å². The minimum atomic E-state index is 0.245. The first-order valence-corrected chi connectivity index (χ1v) is 5.67. The summed E-state index contributed by atoms with van der Waals surface area (Å²) in [7, 11) is 0. The molecular weight excluding hydrogens is 170 g/mol. The summed E-state index contributed by atoms with van der Waals surface area (Å²) in [6, 6.07) is 0. The largest absolute Gasteiger partial charge is 0.376 e. The van der Waals surface area contributed by atoms with Gasteiger partial charge in [0.25, 0.3) is 0 Å². The molecule has 0 aromatic carbocycles. The van der Waals surface area contributed by atoms with Crippen molar-refractivity contribution in [2.45, 2.75) is 37.5 Å². The van der Waals surface area contributed by atoms with E-state index in [9.17, 15) is 0 Å². The number of hydrogen-bond acceptors (Lipinski definition) is 3. The first kappa shape index (κ1) is 10.4. The topological polar surface area (TPSA) is 35.2 Å². The maximum Gasteiger partial charge on any atom is 0.0840 e. The van der Waals surface area contributed by atoms with Crippen molar-refractivity contribution in [1.29, 1.82) is 0 Å². The molecule has 1 saturated heterocycles. The van der Waals surface area contributed by atoms with Crippen LogP contribution in [0.15, 0.2) is 0 Å². The maximum atomic E-state index is 5.69. The minimum absolute atomic E-state index is 0.245. The third-order valence-electron chi connectivity index (χ3n) is 2.51. The van der Waals surface area contributed by atoms with Gasteiger partial charge in [-0.25, -0.2) is 0 Å². The molecule has 3 heteroatoms. The van der Waals surface area contributed by atoms with Crippen molar-refractivity contribution in [3.05, 3.63) is 0 Å². The standard InChI is InChI=1S/C9H19NOS/c1-3-11-8(7-10)9(2)5-4-6-12-9/h8H,3-7,10H2,1-2H3. The molecule has 0 aliphatic carbocycles. The van der Waals surface area contributed by atoms with Crippen LogP contribution in [0.4, 0.5) is 0 Å². The van der Waals surface area contributed by atoms with Crippen LogP contribution in [-0.2, 0) is 4.74 Å². The summed E-state index contributed by atoms with van der Waals surface area (Å²) in [5.74, 6) is 1.26. The van der Waals surface area contributed by atoms with Gasteiger partial charge >= 0.3 is 0 Å². The average Bonchev–Trinajstić information content (AvgIpc) is 2.49. The minimum Gasteiger partial charge on any atom is -0.376 e. The molecule has 0 amide bonds. The molecule has 0 saturated carbocycles. The summed E-state index contributed by atoms with van der Waals surface area (Å²) < 4.78 is 5.91. The molecule has 2 N–H and O–H groups in total. The van der Waals surface area contributed by atoms with Gasteiger partial charge in [0, 0.05) is 17.9 Å². The fraction of sp³-hybridized carbons (Fsp3) is 1.00. The zero-order valence-electron chi connectivity index (χ0n) is 8.01. The molecule has 0 aromatic heterocycles. The molecule has 1 aliphatic rings. The van der Waals surface area contributed by atoms with Crippen LogP contribution >= 0.6 is 11.8 Å². The van der Waals surface area contributed by atoms with E-state index < -0.39 is 0 Å². The predicted molar refractivity (Wildman–Crippen MR) is 54.6 cm³/mol. The fourth-order valence-electron chi connectivity index (χ4n) is 1.75. The van der Waals surface area contributed by atoms with Gasteiger partial charge in [-0.15, -0.1) is 0 Å². The predicted octanol–water partition coefficient (Wildman–Crippen LogP) is 1.64. The summed E-state index contributed by atoms with van der Waals surface area (Å²) in [4.78, 5) is 0. The Morgan fingerprint density at radius 2 is 2.42 bits per heavy atom. The first-order chi connectivity index (χ1) is 5.73. The lowest BCUT2D eigenvalue weighted by Crippen LogP contribution is -2.41. The van der Waals surface area contributed by atoms with Crippen molar-refractivity contribution < 1.29 is 4.74 Å². The third kappa shape index (κ3) is 2.15. The highest BCUT2D eigenvalue weighted by Crippen LogP contribution is 2.41. The Balaban J connectivity index is 2.50. The van der Waals surface area contributed by atoms with Gasteiger partial charge in [-0.1, -0.05) is 0 Å². The lowest BCUT2D eigenvalue weighted by atomic mass is 9.98. The molecule has 0 bridgehead atoms. The quantitative estimate of drug-likeness (QED) is 0.730. The Kier molecular flexibility index (Phi) is 3.87. The Hall–Kier alpha value is 0.270. The van der Waals surface area contributed by atoms with Crippen molar-refractivity contribution in [1.82, 2.24) is 0 Å². The summed E-state index contributed by atoms with van der Waals surface area (Å²) in [5, 5.41) is 0. The van der Waals surface area contributed by atoms with Gasteiger partial charge in [0.05, 0.1) is 6.10 Å². The third-order valence-corrected chi connectivity index (χ3v) is 4.13. The van der Waals surface area contributed by atoms with E-state index in [2.05, 4.69) is 6.92 Å². The van der Waals surface area contributed by atoms with E-state index in [1.165, 1.54) is 18.6 Å². The van der Waals surface area contributed by atoms with Crippen LogP contribution in [0, 0.1) is 0 Å². The molecule has 1 heterocycles. The second kappa shape index (κ2) is 4.49. The van der Waals surface area contributed by atoms with Gasteiger partial charge in [-0.2, -0.15) is 11.8 Å². The van der Waals surface area contributed by atoms with E-state index in [1.54, 1.807) is 0 Å². The fourth-order valence-corrected chi connectivity index (χ4v) is 3.14. The van der Waals surface area contributed by atoms with Crippen LogP contribution in [0.25, 0.3) is 0 Å². The van der Waals surface area contributed by atoms with E-state index in [1.807, 2.05) is 18.7 Å². The molecule has 2 atom stereocenters. The number of ether oxygens (including phenoxy) is 1. The van der Waals surface area contributed by atoms with Crippen molar-refractivity contribution in [3.8, 4) is 0 Å². The van der Waals surface area contributed by atoms with Gasteiger partial charge in [-0.05, 0) is 32.4 Å². The number of rotatable bonds is 4. The van der Waals surface area contributed by atoms with Gasteiger partial charge in [0.1, 0.15) is 0 Å². The Morgan fingerprint density at radius 1 is 1.67 bits per heavy atom. The molecule has 0 radical (unpaired) electrons. The van der Waals surface area contributed by atoms with Gasteiger partial charge in [0.15, 0.2) is 0 Å². The molecule has 1 rings (SSSR count). The van der Waals surface area contributed by atoms with Gasteiger partial charge in [0.2, 0.25) is 0 Å². The van der Waals surface area contributed by atoms with Crippen LogP contribution in [0.1, 0.15) is 26.7 Å². The maximum absolute atomic E-state index is 5.69. The Labute approximate surface area is 79.2 Å². The smallest absolute Gasteiger partial charge is 0.0840 e. The van der Waals surface area contributed by atoms with Crippen molar-refractivity contribution in [3.63, 3.8) is 0 Å². The highest BCUT2D eigenvalue weighted by atomic mass is 32.2. The summed E-state index contributed by atoms with van der Waals surface area (Å²) in [6.07, 6.45) is 2.81. The van der Waals surface area contributed by atoms with Gasteiger partial charge in [-0.3, -0.25) is 0 Å². The lowest BCUT2D eigenvalue weighted by molar-refractivity contribution is 0.0435. The summed E-state index contributed by atoms with van der Waals surface area (Å²) in [6.45, 7) is 5.73. The van der Waals surface area contributed by atoms with E-state index in [0.717, 1.165) is 6.61 Å². The average molecular weight is 189 g/mol. The molecule has 2 nitrogen and oxygen atoms in total. The molecular formula is C9H19NOS. The van der Waals surface area contributed by atoms with Crippen LogP contribution in [0.3, 0.4) is 0 Å². The first-order valence-electron chi connectivity index (χ1n) is 4.68. The van der Waals surface area contributed by atoms with E-state index >= 15 is 0 Å². The Bertz CT molecular complexity index is 134. The lowest BCUT2D eigenvalue weighted by Gasteiger charge is -2.31. The van der Waals surface area contributed by atoms with Crippen molar-refractivity contribution in [2.24, 2.45) is 5.73 Å². The monoisotopic (exact) mass is 189 g/mol. The zero-order valence-corrected chi connectivity index (χ0v) is 8.82. The number of hydrogen-bond donors (Lipinski definition) is 1. The summed E-state index contributed by atoms with van der Waals surface area (Å²) in [5.41, 5.74) is 5.69. The van der Waals surface area contributed by atoms with Crippen LogP contribution in [0.2, 0.25) is 0 Å². The highest BCUT2D eigenvalue weighted by molar-refractivity contribution is 8.00. The SMILES string of the molecule is CCOC(CN)C1(C)CCCS1. The van der Waals surface area contributed by atoms with E-state index in [0.29, 0.717) is 6.54 Å². The molecule has 1 aliphatic heterocycles. The molecule has 72 valence electrons. The molecule has 2 unspecified atom stereocenters. The van der Waals surface area contributed by atoms with Crippen LogP contribution in [0.5, 0.6) is 0 Å². The van der Waals surface area contributed by atoms with Crippen LogP contribution in [-0.4, -0.2) is 29.8 Å². The second-order valence-corrected chi connectivity index (χ2v) is 5.07. The van der Waals surface area contributed by atoms with Crippen molar-refractivity contribution in [2.75, 3.05) is 18.9 Å². The number of nitrogens with two attached hydrogens (primary N) is 1. The molecule has 0 spiro atoms. The van der Waals surface area contributed by atoms with Gasteiger partial charge < -0.3 is 10.5 Å². The molecule has 12 heavy (non-hydrogen) atoms. The van der Waals surface area contributed by atoms with E-state index in [4.69, 9.17) is 10.5 Å². The Morgan fingerprint density at radius 3 is 2.83 bits per heavy atom. The molecule has 1 fully saturated rings. The van der Waals surface area contributed by atoms with E-state index in [-0.39, 0.29) is 10.9 Å². The highest BCUT2D eigenvalue weighted by Gasteiger charge is 2.37. The summed E-state index contributed by atoms with van der Waals surface area (Å²) >= 11 is 2.01. The zero-order chi connectivity index (χ0) is 9.03. The second-order valence-electron chi connectivity index (χ2n) is 3.44.